The minimum Gasteiger partial charge on any atom is -0.309 e. The van der Waals surface area contributed by atoms with E-state index in [0.717, 1.165) is 29.7 Å². The normalized spacial score (nSPS) is 19.4. The highest BCUT2D eigenvalue weighted by molar-refractivity contribution is 7.89. The van der Waals surface area contributed by atoms with Gasteiger partial charge in [-0.15, -0.1) is 0 Å². The van der Waals surface area contributed by atoms with Crippen molar-refractivity contribution >= 4 is 21.6 Å². The van der Waals surface area contributed by atoms with Gasteiger partial charge in [-0.25, -0.2) is 13.1 Å². The van der Waals surface area contributed by atoms with E-state index in [9.17, 15) is 13.2 Å². The van der Waals surface area contributed by atoms with Gasteiger partial charge in [0.05, 0.1) is 4.90 Å². The summed E-state index contributed by atoms with van der Waals surface area (Å²) in [6.45, 7) is 2.20. The molecule has 2 aromatic rings. The van der Waals surface area contributed by atoms with Gasteiger partial charge in [-0.1, -0.05) is 6.07 Å². The first kappa shape index (κ1) is 17.2. The van der Waals surface area contributed by atoms with Gasteiger partial charge < -0.3 is 4.90 Å². The molecule has 1 N–H and O–H groups in total. The maximum absolute atomic E-state index is 12.6. The van der Waals surface area contributed by atoms with Crippen LogP contribution in [0.3, 0.4) is 0 Å². The quantitative estimate of drug-likeness (QED) is 0.874. The van der Waals surface area contributed by atoms with Crippen LogP contribution in [0.4, 0.5) is 5.69 Å². The molecular weight excluding hydrogens is 350 g/mol. The Bertz CT molecular complexity index is 940. The van der Waals surface area contributed by atoms with E-state index in [1.807, 2.05) is 17.9 Å². The van der Waals surface area contributed by atoms with E-state index < -0.39 is 10.0 Å². The van der Waals surface area contributed by atoms with E-state index in [-0.39, 0.29) is 29.3 Å². The second kappa shape index (κ2) is 6.48. The zero-order chi connectivity index (χ0) is 18.3. The molecule has 26 heavy (non-hydrogen) atoms. The van der Waals surface area contributed by atoms with Crippen LogP contribution in [0.1, 0.15) is 30.9 Å². The molecule has 1 aromatic heterocycles. The Balaban J connectivity index is 1.55. The van der Waals surface area contributed by atoms with Crippen LogP contribution in [0.15, 0.2) is 47.6 Å². The second-order valence-electron chi connectivity index (χ2n) is 7.01. The number of anilines is 1. The van der Waals surface area contributed by atoms with Crippen molar-refractivity contribution in [1.82, 2.24) is 9.71 Å². The number of aromatic nitrogens is 1. The molecule has 4 rings (SSSR count). The van der Waals surface area contributed by atoms with Gasteiger partial charge >= 0.3 is 0 Å². The number of carbonyl (C=O) groups excluding carboxylic acids is 1. The lowest BCUT2D eigenvalue weighted by atomic mass is 10.1. The number of hydrogen-bond donors (Lipinski definition) is 1. The zero-order valence-corrected chi connectivity index (χ0v) is 15.4. The van der Waals surface area contributed by atoms with Crippen LogP contribution in [0.5, 0.6) is 0 Å². The van der Waals surface area contributed by atoms with Crippen molar-refractivity contribution < 1.29 is 13.2 Å². The molecule has 0 radical (unpaired) electrons. The Labute approximate surface area is 153 Å². The number of pyridine rings is 1. The van der Waals surface area contributed by atoms with Crippen LogP contribution < -0.4 is 9.62 Å². The van der Waals surface area contributed by atoms with Crippen molar-refractivity contribution in [2.75, 3.05) is 4.90 Å². The van der Waals surface area contributed by atoms with Crippen molar-refractivity contribution in [2.45, 2.75) is 43.7 Å². The molecular formula is C19H21N3O3S. The maximum atomic E-state index is 12.6. The number of nitrogens with one attached hydrogen (secondary N) is 1. The largest absolute Gasteiger partial charge is 0.309 e. The van der Waals surface area contributed by atoms with Crippen LogP contribution in [0.25, 0.3) is 0 Å². The Kier molecular flexibility index (Phi) is 4.28. The summed E-state index contributed by atoms with van der Waals surface area (Å²) in [4.78, 5) is 18.6. The van der Waals surface area contributed by atoms with E-state index in [4.69, 9.17) is 0 Å². The fourth-order valence-corrected chi connectivity index (χ4v) is 4.47. The third-order valence-electron chi connectivity index (χ3n) is 4.93. The summed E-state index contributed by atoms with van der Waals surface area (Å²) in [5.74, 6) is 0.314. The average Bonchev–Trinajstić information content (AvgIpc) is 3.42. The topological polar surface area (TPSA) is 79.4 Å². The Hall–Kier alpha value is -2.25. The van der Waals surface area contributed by atoms with E-state index in [2.05, 4.69) is 9.71 Å². The fourth-order valence-electron chi connectivity index (χ4n) is 3.40. The van der Waals surface area contributed by atoms with Crippen molar-refractivity contribution in [3.8, 4) is 0 Å². The summed E-state index contributed by atoms with van der Waals surface area (Å²) >= 11 is 0. The summed E-state index contributed by atoms with van der Waals surface area (Å²) in [5, 5.41) is 0. The first-order valence-electron chi connectivity index (χ1n) is 8.80. The van der Waals surface area contributed by atoms with Gasteiger partial charge in [0.25, 0.3) is 0 Å². The molecule has 1 unspecified atom stereocenters. The maximum Gasteiger partial charge on any atom is 0.240 e. The van der Waals surface area contributed by atoms with E-state index in [1.165, 1.54) is 0 Å². The Morgan fingerprint density at radius 1 is 1.31 bits per heavy atom. The van der Waals surface area contributed by atoms with Crippen molar-refractivity contribution in [1.29, 1.82) is 0 Å². The number of carbonyl (C=O) groups is 1. The van der Waals surface area contributed by atoms with Gasteiger partial charge in [0, 0.05) is 36.6 Å². The molecule has 0 spiro atoms. The molecule has 1 atom stereocenters. The minimum absolute atomic E-state index is 0.0689. The van der Waals surface area contributed by atoms with Crippen LogP contribution in [0, 0.1) is 5.92 Å². The van der Waals surface area contributed by atoms with Crippen molar-refractivity contribution in [3.63, 3.8) is 0 Å². The van der Waals surface area contributed by atoms with Gasteiger partial charge in [-0.05, 0) is 61.6 Å². The number of hydrogen-bond acceptors (Lipinski definition) is 4. The number of benzene rings is 1. The predicted octanol–water partition coefficient (Wildman–Crippen LogP) is 2.25. The molecule has 2 heterocycles. The van der Waals surface area contributed by atoms with E-state index in [1.54, 1.807) is 36.7 Å². The fraction of sp³-hybridized carbons (Fsp3) is 0.368. The minimum atomic E-state index is -3.62. The first-order valence-corrected chi connectivity index (χ1v) is 10.3. The molecule has 136 valence electrons. The molecule has 1 aromatic carbocycles. The van der Waals surface area contributed by atoms with Gasteiger partial charge in [0.2, 0.25) is 15.9 Å². The average molecular weight is 371 g/mol. The second-order valence-corrected chi connectivity index (χ2v) is 8.78. The number of nitrogens with zero attached hydrogens (tertiary/aromatic N) is 2. The molecule has 6 nitrogen and oxygen atoms in total. The molecule has 1 aliphatic carbocycles. The zero-order valence-electron chi connectivity index (χ0n) is 14.6. The molecule has 0 bridgehead atoms. The predicted molar refractivity (Wildman–Crippen MR) is 98.1 cm³/mol. The molecule has 2 aliphatic rings. The number of rotatable bonds is 5. The molecule has 1 saturated carbocycles. The van der Waals surface area contributed by atoms with Gasteiger partial charge in [0.1, 0.15) is 0 Å². The van der Waals surface area contributed by atoms with E-state index >= 15 is 0 Å². The van der Waals surface area contributed by atoms with Crippen LogP contribution in [-0.4, -0.2) is 25.4 Å². The van der Waals surface area contributed by atoms with Crippen LogP contribution in [-0.2, 0) is 27.8 Å². The number of amides is 1. The van der Waals surface area contributed by atoms with Gasteiger partial charge in [0.15, 0.2) is 0 Å². The van der Waals surface area contributed by atoms with Gasteiger partial charge in [-0.3, -0.25) is 9.78 Å². The third kappa shape index (κ3) is 3.24. The summed E-state index contributed by atoms with van der Waals surface area (Å²) in [5.41, 5.74) is 2.56. The molecule has 1 aliphatic heterocycles. The number of fused-ring (bicyclic) bond motifs is 1. The molecule has 1 fully saturated rings. The summed E-state index contributed by atoms with van der Waals surface area (Å²) in [6, 6.07) is 8.69. The highest BCUT2D eigenvalue weighted by atomic mass is 32.2. The lowest BCUT2D eigenvalue weighted by Crippen LogP contribution is -2.36. The van der Waals surface area contributed by atoms with E-state index in [0.29, 0.717) is 6.42 Å². The lowest BCUT2D eigenvalue weighted by molar-refractivity contribution is -0.120. The summed E-state index contributed by atoms with van der Waals surface area (Å²) in [7, 11) is -3.62. The SMILES string of the molecule is CC1Cc2cc(S(=O)(=O)NCc3cccnc3)ccc2N1C(=O)C1CC1. The monoisotopic (exact) mass is 371 g/mol. The standard InChI is InChI=1S/C19H21N3O3S/c1-13-9-16-10-17(6-7-18(16)22(13)19(23)15-4-5-15)26(24,25)21-12-14-3-2-8-20-11-14/h2-3,6-8,10-11,13,15,21H,4-5,9,12H2,1H3. The smallest absolute Gasteiger partial charge is 0.240 e. The van der Waals surface area contributed by atoms with Crippen LogP contribution in [0.2, 0.25) is 0 Å². The highest BCUT2D eigenvalue weighted by Crippen LogP contribution is 2.39. The first-order chi connectivity index (χ1) is 12.5. The molecule has 1 amide bonds. The number of sulfonamides is 1. The van der Waals surface area contributed by atoms with Crippen molar-refractivity contribution in [2.24, 2.45) is 5.92 Å². The molecule has 7 heteroatoms. The van der Waals surface area contributed by atoms with Crippen molar-refractivity contribution in [3.05, 3.63) is 53.9 Å². The Morgan fingerprint density at radius 3 is 2.81 bits per heavy atom. The highest BCUT2D eigenvalue weighted by Gasteiger charge is 2.39. The summed E-state index contributed by atoms with van der Waals surface area (Å²) in [6.07, 6.45) is 5.88. The Morgan fingerprint density at radius 2 is 2.12 bits per heavy atom. The summed E-state index contributed by atoms with van der Waals surface area (Å²) < 4.78 is 27.8. The van der Waals surface area contributed by atoms with Crippen LogP contribution >= 0.6 is 0 Å². The third-order valence-corrected chi connectivity index (χ3v) is 6.33. The molecule has 0 saturated heterocycles. The van der Waals surface area contributed by atoms with Gasteiger partial charge in [-0.2, -0.15) is 0 Å². The lowest BCUT2D eigenvalue weighted by Gasteiger charge is -2.22.